The molecular weight excluding hydrogens is 152 g/mol. The average molecular weight is 174 g/mol. The Bertz CT molecular complexity index is 86.6. The summed E-state index contributed by atoms with van der Waals surface area (Å²) in [5.41, 5.74) is 0. The van der Waals surface area contributed by atoms with E-state index in [2.05, 4.69) is 24.5 Å². The molecule has 0 saturated heterocycles. The molecule has 0 aromatic rings. The predicted octanol–water partition coefficient (Wildman–Crippen LogP) is 0.204. The van der Waals surface area contributed by atoms with E-state index in [1.807, 2.05) is 0 Å². The zero-order valence-corrected chi connectivity index (χ0v) is 8.27. The minimum absolute atomic E-state index is 0.236. The van der Waals surface area contributed by atoms with E-state index in [0.29, 0.717) is 6.54 Å². The number of hydrogen-bond acceptors (Lipinski definition) is 3. The molecule has 0 saturated carbocycles. The molecule has 0 bridgehead atoms. The summed E-state index contributed by atoms with van der Waals surface area (Å²) in [5, 5.41) is 15.0. The first kappa shape index (κ1) is 11.9. The molecule has 0 fully saturated rings. The molecular formula is C9H22N2O. The molecule has 12 heavy (non-hydrogen) atoms. The summed E-state index contributed by atoms with van der Waals surface area (Å²) in [6, 6.07) is 0. The summed E-state index contributed by atoms with van der Waals surface area (Å²) in [6.45, 7) is 8.51. The molecule has 0 spiro atoms. The van der Waals surface area contributed by atoms with Crippen molar-refractivity contribution in [3.8, 4) is 0 Å². The highest BCUT2D eigenvalue weighted by atomic mass is 16.3. The number of hydrogen-bond donors (Lipinski definition) is 3. The van der Waals surface area contributed by atoms with Crippen molar-refractivity contribution >= 4 is 0 Å². The van der Waals surface area contributed by atoms with E-state index in [-0.39, 0.29) is 6.61 Å². The number of aliphatic hydroxyl groups is 1. The number of nitrogens with one attached hydrogen (secondary N) is 2. The second-order valence-electron chi connectivity index (χ2n) is 3.43. The summed E-state index contributed by atoms with van der Waals surface area (Å²) < 4.78 is 0. The van der Waals surface area contributed by atoms with Gasteiger partial charge in [-0.3, -0.25) is 0 Å². The van der Waals surface area contributed by atoms with Gasteiger partial charge >= 0.3 is 0 Å². The van der Waals surface area contributed by atoms with Gasteiger partial charge in [0.1, 0.15) is 0 Å². The molecule has 0 rings (SSSR count). The first-order chi connectivity index (χ1) is 5.77. The van der Waals surface area contributed by atoms with Crippen molar-refractivity contribution in [1.82, 2.24) is 10.6 Å². The molecule has 74 valence electrons. The summed E-state index contributed by atoms with van der Waals surface area (Å²) >= 11 is 0. The monoisotopic (exact) mass is 174 g/mol. The van der Waals surface area contributed by atoms with Crippen LogP contribution >= 0.6 is 0 Å². The van der Waals surface area contributed by atoms with Crippen LogP contribution in [0.3, 0.4) is 0 Å². The van der Waals surface area contributed by atoms with Crippen LogP contribution in [-0.4, -0.2) is 37.9 Å². The van der Waals surface area contributed by atoms with Crippen LogP contribution in [0.15, 0.2) is 0 Å². The Labute approximate surface area is 75.6 Å². The maximum absolute atomic E-state index is 8.46. The first-order valence-corrected chi connectivity index (χ1v) is 4.79. The Morgan fingerprint density at radius 2 is 1.75 bits per heavy atom. The standard InChI is InChI=1S/C9H22N2O/c1-9(2)8-11-5-3-4-10-6-7-12/h9-12H,3-8H2,1-2H3. The van der Waals surface area contributed by atoms with Gasteiger partial charge in [-0.15, -0.1) is 0 Å². The highest BCUT2D eigenvalue weighted by molar-refractivity contribution is 4.53. The van der Waals surface area contributed by atoms with Crippen LogP contribution in [0.1, 0.15) is 20.3 Å². The van der Waals surface area contributed by atoms with Crippen molar-refractivity contribution in [3.63, 3.8) is 0 Å². The molecule has 0 aromatic heterocycles. The third-order valence-corrected chi connectivity index (χ3v) is 1.55. The summed E-state index contributed by atoms with van der Waals surface area (Å²) in [7, 11) is 0. The largest absolute Gasteiger partial charge is 0.395 e. The van der Waals surface area contributed by atoms with Crippen molar-refractivity contribution < 1.29 is 5.11 Å². The zero-order chi connectivity index (χ0) is 9.23. The van der Waals surface area contributed by atoms with Crippen LogP contribution in [-0.2, 0) is 0 Å². The fourth-order valence-corrected chi connectivity index (χ4v) is 0.933. The zero-order valence-electron chi connectivity index (χ0n) is 8.27. The Balaban J connectivity index is 2.82. The van der Waals surface area contributed by atoms with Gasteiger partial charge < -0.3 is 15.7 Å². The summed E-state index contributed by atoms with van der Waals surface area (Å²) in [4.78, 5) is 0. The van der Waals surface area contributed by atoms with Crippen LogP contribution in [0.5, 0.6) is 0 Å². The molecule has 3 heteroatoms. The average Bonchev–Trinajstić information content (AvgIpc) is 2.02. The molecule has 0 aliphatic carbocycles. The van der Waals surface area contributed by atoms with E-state index in [0.717, 1.165) is 32.0 Å². The fraction of sp³-hybridized carbons (Fsp3) is 1.00. The van der Waals surface area contributed by atoms with Gasteiger partial charge in [-0.05, 0) is 32.0 Å². The van der Waals surface area contributed by atoms with E-state index in [1.54, 1.807) is 0 Å². The normalized spacial score (nSPS) is 11.0. The summed E-state index contributed by atoms with van der Waals surface area (Å²) in [6.07, 6.45) is 1.13. The van der Waals surface area contributed by atoms with E-state index in [1.165, 1.54) is 0 Å². The molecule has 0 unspecified atom stereocenters. The van der Waals surface area contributed by atoms with Gasteiger partial charge in [0.25, 0.3) is 0 Å². The van der Waals surface area contributed by atoms with Gasteiger partial charge in [-0.25, -0.2) is 0 Å². The van der Waals surface area contributed by atoms with Crippen molar-refractivity contribution in [3.05, 3.63) is 0 Å². The van der Waals surface area contributed by atoms with E-state index < -0.39 is 0 Å². The Kier molecular flexibility index (Phi) is 8.88. The minimum Gasteiger partial charge on any atom is -0.395 e. The maximum Gasteiger partial charge on any atom is 0.0555 e. The Morgan fingerprint density at radius 1 is 1.08 bits per heavy atom. The lowest BCUT2D eigenvalue weighted by Crippen LogP contribution is -2.26. The highest BCUT2D eigenvalue weighted by Gasteiger charge is 1.91. The van der Waals surface area contributed by atoms with E-state index in [4.69, 9.17) is 5.11 Å². The quantitative estimate of drug-likeness (QED) is 0.461. The fourth-order valence-electron chi connectivity index (χ4n) is 0.933. The van der Waals surface area contributed by atoms with Gasteiger partial charge in [0.15, 0.2) is 0 Å². The van der Waals surface area contributed by atoms with E-state index in [9.17, 15) is 0 Å². The SMILES string of the molecule is CC(C)CNCCCNCCO. The first-order valence-electron chi connectivity index (χ1n) is 4.79. The van der Waals surface area contributed by atoms with Gasteiger partial charge in [-0.1, -0.05) is 13.8 Å². The predicted molar refractivity (Wildman–Crippen MR) is 52.3 cm³/mol. The van der Waals surface area contributed by atoms with Crippen LogP contribution < -0.4 is 10.6 Å². The second kappa shape index (κ2) is 8.97. The Hall–Kier alpha value is -0.120. The molecule has 0 aliphatic rings. The lowest BCUT2D eigenvalue weighted by Gasteiger charge is -2.07. The van der Waals surface area contributed by atoms with Crippen molar-refractivity contribution in [1.29, 1.82) is 0 Å². The minimum atomic E-state index is 0.236. The van der Waals surface area contributed by atoms with Crippen LogP contribution in [0.2, 0.25) is 0 Å². The highest BCUT2D eigenvalue weighted by Crippen LogP contribution is 1.86. The lowest BCUT2D eigenvalue weighted by atomic mass is 10.2. The molecule has 0 aromatic carbocycles. The molecule has 0 amide bonds. The number of aliphatic hydroxyl groups excluding tert-OH is 1. The lowest BCUT2D eigenvalue weighted by molar-refractivity contribution is 0.292. The van der Waals surface area contributed by atoms with Gasteiger partial charge in [0.2, 0.25) is 0 Å². The van der Waals surface area contributed by atoms with E-state index >= 15 is 0 Å². The smallest absolute Gasteiger partial charge is 0.0555 e. The van der Waals surface area contributed by atoms with Crippen molar-refractivity contribution in [2.24, 2.45) is 5.92 Å². The van der Waals surface area contributed by atoms with Crippen LogP contribution in [0, 0.1) is 5.92 Å². The molecule has 3 nitrogen and oxygen atoms in total. The summed E-state index contributed by atoms with van der Waals surface area (Å²) in [5.74, 6) is 0.732. The molecule has 0 radical (unpaired) electrons. The van der Waals surface area contributed by atoms with Crippen LogP contribution in [0.4, 0.5) is 0 Å². The van der Waals surface area contributed by atoms with Gasteiger partial charge in [0.05, 0.1) is 6.61 Å². The number of rotatable bonds is 8. The third kappa shape index (κ3) is 9.88. The molecule has 0 heterocycles. The molecule has 0 aliphatic heterocycles. The molecule has 3 N–H and O–H groups in total. The van der Waals surface area contributed by atoms with Crippen LogP contribution in [0.25, 0.3) is 0 Å². The Morgan fingerprint density at radius 3 is 2.33 bits per heavy atom. The van der Waals surface area contributed by atoms with Gasteiger partial charge in [0, 0.05) is 6.54 Å². The maximum atomic E-state index is 8.46. The second-order valence-corrected chi connectivity index (χ2v) is 3.43. The topological polar surface area (TPSA) is 44.3 Å². The van der Waals surface area contributed by atoms with Crippen molar-refractivity contribution in [2.75, 3.05) is 32.8 Å². The van der Waals surface area contributed by atoms with Gasteiger partial charge in [-0.2, -0.15) is 0 Å². The van der Waals surface area contributed by atoms with Crippen molar-refractivity contribution in [2.45, 2.75) is 20.3 Å². The third-order valence-electron chi connectivity index (χ3n) is 1.55. The molecule has 0 atom stereocenters.